The second-order valence-electron chi connectivity index (χ2n) is 6.59. The fraction of sp³-hybridized carbons (Fsp3) is 0.130. The topological polar surface area (TPSA) is 98.8 Å². The largest absolute Gasteiger partial charge is 0.494 e. The van der Waals surface area contributed by atoms with E-state index in [0.717, 1.165) is 0 Å². The quantitative estimate of drug-likeness (QED) is 0.361. The van der Waals surface area contributed by atoms with Gasteiger partial charge in [0.15, 0.2) is 12.4 Å². The van der Waals surface area contributed by atoms with E-state index >= 15 is 0 Å². The second kappa shape index (κ2) is 10.3. The molecule has 9 heteroatoms. The molecule has 7 nitrogen and oxygen atoms in total. The number of benzene rings is 3. The highest BCUT2D eigenvalue weighted by molar-refractivity contribution is 7.92. The van der Waals surface area contributed by atoms with E-state index in [0.29, 0.717) is 22.9 Å². The monoisotopic (exact) mass is 473 g/mol. The number of anilines is 1. The minimum absolute atomic E-state index is 0.0742. The predicted octanol–water partition coefficient (Wildman–Crippen LogP) is 4.58. The van der Waals surface area contributed by atoms with Crippen LogP contribution in [-0.4, -0.2) is 33.4 Å². The number of ketones is 1. The number of sulfonamides is 1. The Labute approximate surface area is 191 Å². The van der Waals surface area contributed by atoms with Gasteiger partial charge in [0.05, 0.1) is 17.1 Å². The number of carbonyl (C=O) groups is 2. The van der Waals surface area contributed by atoms with Crippen molar-refractivity contribution in [3.8, 4) is 5.75 Å². The summed E-state index contributed by atoms with van der Waals surface area (Å²) in [7, 11) is -3.81. The van der Waals surface area contributed by atoms with Crippen molar-refractivity contribution in [3.63, 3.8) is 0 Å². The molecule has 0 aliphatic heterocycles. The summed E-state index contributed by atoms with van der Waals surface area (Å²) in [6, 6.07) is 17.9. The molecule has 0 aliphatic carbocycles. The molecule has 0 heterocycles. The van der Waals surface area contributed by atoms with Gasteiger partial charge in [0.2, 0.25) is 0 Å². The zero-order valence-electron chi connectivity index (χ0n) is 17.1. The summed E-state index contributed by atoms with van der Waals surface area (Å²) in [5.41, 5.74) is 0.826. The summed E-state index contributed by atoms with van der Waals surface area (Å²) in [6.07, 6.45) is 0. The van der Waals surface area contributed by atoms with Gasteiger partial charge in [-0.15, -0.1) is 0 Å². The Kier molecular flexibility index (Phi) is 7.50. The molecule has 3 aromatic carbocycles. The Morgan fingerprint density at radius 2 is 1.47 bits per heavy atom. The molecule has 0 atom stereocenters. The van der Waals surface area contributed by atoms with Crippen molar-refractivity contribution in [1.29, 1.82) is 0 Å². The first kappa shape index (κ1) is 23.3. The third-order valence-electron chi connectivity index (χ3n) is 4.32. The van der Waals surface area contributed by atoms with Crippen molar-refractivity contribution >= 4 is 39.1 Å². The van der Waals surface area contributed by atoms with E-state index in [1.54, 1.807) is 36.4 Å². The van der Waals surface area contributed by atoms with E-state index < -0.39 is 22.6 Å². The van der Waals surface area contributed by atoms with Crippen LogP contribution < -0.4 is 9.46 Å². The zero-order chi connectivity index (χ0) is 23.1. The Morgan fingerprint density at radius 3 is 2.06 bits per heavy atom. The first-order valence-electron chi connectivity index (χ1n) is 9.60. The fourth-order valence-corrected chi connectivity index (χ4v) is 3.89. The third-order valence-corrected chi connectivity index (χ3v) is 5.97. The van der Waals surface area contributed by atoms with Gasteiger partial charge < -0.3 is 9.47 Å². The van der Waals surface area contributed by atoms with E-state index in [1.165, 1.54) is 36.4 Å². The number of carbonyl (C=O) groups excluding carboxylic acids is 2. The summed E-state index contributed by atoms with van der Waals surface area (Å²) in [6.45, 7) is 1.89. The molecule has 0 aliphatic rings. The standard InChI is InChI=1S/C23H20ClNO6S/c1-2-30-20-11-13-21(14-12-20)32(28,29)25-19-9-5-17(6-10-19)23(27)31-15-22(26)16-3-7-18(24)8-4-16/h3-14,25H,2,15H2,1H3. The highest BCUT2D eigenvalue weighted by atomic mass is 35.5. The van der Waals surface area contributed by atoms with Gasteiger partial charge in [-0.05, 0) is 79.7 Å². The first-order valence-corrected chi connectivity index (χ1v) is 11.5. The molecule has 1 N–H and O–H groups in total. The van der Waals surface area contributed by atoms with Crippen LogP contribution in [0.1, 0.15) is 27.6 Å². The molecule has 0 fully saturated rings. The van der Waals surface area contributed by atoms with E-state index in [1.807, 2.05) is 6.92 Å². The number of rotatable bonds is 9. The lowest BCUT2D eigenvalue weighted by molar-refractivity contribution is 0.0475. The third kappa shape index (κ3) is 6.09. The number of halogens is 1. The SMILES string of the molecule is CCOc1ccc(S(=O)(=O)Nc2ccc(C(=O)OCC(=O)c3ccc(Cl)cc3)cc2)cc1. The Morgan fingerprint density at radius 1 is 0.875 bits per heavy atom. The molecule has 0 unspecified atom stereocenters. The van der Waals surface area contributed by atoms with Crippen LogP contribution in [0.2, 0.25) is 5.02 Å². The Hall–Kier alpha value is -3.36. The lowest BCUT2D eigenvalue weighted by atomic mass is 10.1. The molecule has 166 valence electrons. The fourth-order valence-electron chi connectivity index (χ4n) is 2.70. The van der Waals surface area contributed by atoms with Crippen molar-refractivity contribution in [3.05, 3.63) is 88.9 Å². The van der Waals surface area contributed by atoms with Crippen molar-refractivity contribution in [2.45, 2.75) is 11.8 Å². The van der Waals surface area contributed by atoms with E-state index in [4.69, 9.17) is 21.1 Å². The molecular weight excluding hydrogens is 454 g/mol. The van der Waals surface area contributed by atoms with Crippen LogP contribution in [0.15, 0.2) is 77.7 Å². The Balaban J connectivity index is 1.59. The van der Waals surface area contributed by atoms with Gasteiger partial charge in [0.1, 0.15) is 5.75 Å². The molecule has 0 saturated heterocycles. The summed E-state index contributed by atoms with van der Waals surface area (Å²) < 4.78 is 37.9. The number of Topliss-reactive ketones (excluding diaryl/α,β-unsaturated/α-hetero) is 1. The van der Waals surface area contributed by atoms with E-state index in [2.05, 4.69) is 4.72 Å². The summed E-state index contributed by atoms with van der Waals surface area (Å²) in [4.78, 5) is 24.4. The lowest BCUT2D eigenvalue weighted by Gasteiger charge is -2.10. The average Bonchev–Trinajstić information content (AvgIpc) is 2.78. The minimum Gasteiger partial charge on any atom is -0.494 e. The number of esters is 1. The number of hydrogen-bond donors (Lipinski definition) is 1. The summed E-state index contributed by atoms with van der Waals surface area (Å²) >= 11 is 5.78. The number of hydrogen-bond acceptors (Lipinski definition) is 6. The van der Waals surface area contributed by atoms with Crippen LogP contribution in [0.5, 0.6) is 5.75 Å². The van der Waals surface area contributed by atoms with E-state index in [-0.39, 0.29) is 21.9 Å². The van der Waals surface area contributed by atoms with Gasteiger partial charge in [0.25, 0.3) is 10.0 Å². The molecule has 0 aromatic heterocycles. The normalized spacial score (nSPS) is 10.9. The van der Waals surface area contributed by atoms with Gasteiger partial charge >= 0.3 is 5.97 Å². The summed E-state index contributed by atoms with van der Waals surface area (Å²) in [5.74, 6) is -0.494. The van der Waals surface area contributed by atoms with Gasteiger partial charge in [-0.25, -0.2) is 13.2 Å². The van der Waals surface area contributed by atoms with Gasteiger partial charge in [-0.3, -0.25) is 9.52 Å². The molecule has 0 saturated carbocycles. The van der Waals surface area contributed by atoms with Crippen molar-refractivity contribution < 1.29 is 27.5 Å². The average molecular weight is 474 g/mol. The van der Waals surface area contributed by atoms with Crippen LogP contribution in [0.25, 0.3) is 0 Å². The van der Waals surface area contributed by atoms with Gasteiger partial charge in [-0.1, -0.05) is 11.6 Å². The number of nitrogens with one attached hydrogen (secondary N) is 1. The maximum atomic E-state index is 12.5. The van der Waals surface area contributed by atoms with Gasteiger partial charge in [-0.2, -0.15) is 0 Å². The smallest absolute Gasteiger partial charge is 0.338 e. The van der Waals surface area contributed by atoms with Crippen molar-refractivity contribution in [2.75, 3.05) is 17.9 Å². The number of ether oxygens (including phenoxy) is 2. The van der Waals surface area contributed by atoms with Crippen LogP contribution in [0.4, 0.5) is 5.69 Å². The lowest BCUT2D eigenvalue weighted by Crippen LogP contribution is -2.15. The van der Waals surface area contributed by atoms with Gasteiger partial charge in [0, 0.05) is 16.3 Å². The first-order chi connectivity index (χ1) is 15.3. The molecular formula is C23H20ClNO6S. The highest BCUT2D eigenvalue weighted by Gasteiger charge is 2.16. The highest BCUT2D eigenvalue weighted by Crippen LogP contribution is 2.20. The molecule has 0 bridgehead atoms. The van der Waals surface area contributed by atoms with Crippen LogP contribution in [-0.2, 0) is 14.8 Å². The second-order valence-corrected chi connectivity index (χ2v) is 8.71. The Bertz CT molecular complexity index is 1190. The maximum Gasteiger partial charge on any atom is 0.338 e. The summed E-state index contributed by atoms with van der Waals surface area (Å²) in [5, 5.41) is 0.497. The van der Waals surface area contributed by atoms with Crippen LogP contribution >= 0.6 is 11.6 Å². The molecule has 0 amide bonds. The zero-order valence-corrected chi connectivity index (χ0v) is 18.7. The van der Waals surface area contributed by atoms with E-state index in [9.17, 15) is 18.0 Å². The minimum atomic E-state index is -3.81. The predicted molar refractivity (Wildman–Crippen MR) is 121 cm³/mol. The maximum absolute atomic E-state index is 12.5. The molecule has 32 heavy (non-hydrogen) atoms. The molecule has 3 rings (SSSR count). The van der Waals surface area contributed by atoms with Crippen molar-refractivity contribution in [2.24, 2.45) is 0 Å². The molecule has 0 radical (unpaired) electrons. The van der Waals surface area contributed by atoms with Crippen molar-refractivity contribution in [1.82, 2.24) is 0 Å². The van der Waals surface area contributed by atoms with Crippen LogP contribution in [0, 0.1) is 0 Å². The molecule has 3 aromatic rings. The van der Waals surface area contributed by atoms with Crippen LogP contribution in [0.3, 0.4) is 0 Å². The molecule has 0 spiro atoms.